The lowest BCUT2D eigenvalue weighted by molar-refractivity contribution is -0.138. The van der Waals surface area contributed by atoms with Gasteiger partial charge in [-0.1, -0.05) is 11.6 Å². The van der Waals surface area contributed by atoms with Crippen LogP contribution in [0.5, 0.6) is 5.75 Å². The number of carbonyl (C=O) groups excluding carboxylic acids is 2. The SMILES string of the molecule is COC(=O)/C=C(/Nc1cc(Cl)c(C)cc1O)C(=O)OC. The van der Waals surface area contributed by atoms with Crippen molar-refractivity contribution in [2.24, 2.45) is 0 Å². The number of hydrogen-bond donors (Lipinski definition) is 2. The molecular weight excluding hydrogens is 286 g/mol. The molecule has 0 amide bonds. The van der Waals surface area contributed by atoms with Crippen LogP contribution in [0.1, 0.15) is 5.56 Å². The van der Waals surface area contributed by atoms with Crippen LogP contribution in [0.3, 0.4) is 0 Å². The summed E-state index contributed by atoms with van der Waals surface area (Å²) in [5.41, 5.74) is 0.655. The third-order valence-electron chi connectivity index (χ3n) is 2.41. The third kappa shape index (κ3) is 3.89. The van der Waals surface area contributed by atoms with Gasteiger partial charge in [-0.2, -0.15) is 0 Å². The summed E-state index contributed by atoms with van der Waals surface area (Å²) in [6, 6.07) is 2.86. The third-order valence-corrected chi connectivity index (χ3v) is 2.82. The van der Waals surface area contributed by atoms with Crippen molar-refractivity contribution in [2.75, 3.05) is 19.5 Å². The second-order valence-corrected chi connectivity index (χ2v) is 4.22. The first-order valence-corrected chi connectivity index (χ1v) is 5.91. The van der Waals surface area contributed by atoms with Gasteiger partial charge in [0.2, 0.25) is 0 Å². The molecule has 20 heavy (non-hydrogen) atoms. The van der Waals surface area contributed by atoms with E-state index in [2.05, 4.69) is 14.8 Å². The molecule has 0 radical (unpaired) electrons. The molecule has 1 aromatic carbocycles. The molecule has 0 saturated carbocycles. The highest BCUT2D eigenvalue weighted by Crippen LogP contribution is 2.30. The average molecular weight is 300 g/mol. The van der Waals surface area contributed by atoms with Crippen molar-refractivity contribution in [2.45, 2.75) is 6.92 Å². The molecule has 0 aliphatic rings. The summed E-state index contributed by atoms with van der Waals surface area (Å²) < 4.78 is 8.97. The van der Waals surface area contributed by atoms with E-state index in [1.807, 2.05) is 0 Å². The lowest BCUT2D eigenvalue weighted by Gasteiger charge is -2.12. The van der Waals surface area contributed by atoms with Gasteiger partial charge < -0.3 is 19.9 Å². The average Bonchev–Trinajstić information content (AvgIpc) is 2.42. The highest BCUT2D eigenvalue weighted by atomic mass is 35.5. The molecule has 0 aromatic heterocycles. The first-order valence-electron chi connectivity index (χ1n) is 5.53. The van der Waals surface area contributed by atoms with Gasteiger partial charge >= 0.3 is 11.9 Å². The Bertz CT molecular complexity index is 568. The van der Waals surface area contributed by atoms with Crippen LogP contribution in [-0.4, -0.2) is 31.3 Å². The van der Waals surface area contributed by atoms with Crippen LogP contribution in [0.2, 0.25) is 5.02 Å². The predicted octanol–water partition coefficient (Wildman–Crippen LogP) is 2.00. The van der Waals surface area contributed by atoms with Crippen LogP contribution in [0.15, 0.2) is 23.9 Å². The standard InChI is InChI=1S/C13H14ClNO5/c1-7-4-11(16)9(5-8(7)14)15-10(13(18)20-3)6-12(17)19-2/h4-6,15-16H,1-3H3/b10-6+. The molecule has 0 saturated heterocycles. The van der Waals surface area contributed by atoms with E-state index in [1.165, 1.54) is 19.2 Å². The van der Waals surface area contributed by atoms with E-state index in [9.17, 15) is 14.7 Å². The highest BCUT2D eigenvalue weighted by Gasteiger charge is 2.15. The Balaban J connectivity index is 3.14. The summed E-state index contributed by atoms with van der Waals surface area (Å²) in [6.45, 7) is 1.72. The number of carbonyl (C=O) groups is 2. The monoisotopic (exact) mass is 299 g/mol. The number of hydrogen-bond acceptors (Lipinski definition) is 6. The Hall–Kier alpha value is -2.21. The quantitative estimate of drug-likeness (QED) is 0.502. The zero-order valence-electron chi connectivity index (χ0n) is 11.2. The molecule has 0 spiro atoms. The number of aryl methyl sites for hydroxylation is 1. The molecule has 2 N–H and O–H groups in total. The van der Waals surface area contributed by atoms with Gasteiger partial charge in [-0.3, -0.25) is 0 Å². The lowest BCUT2D eigenvalue weighted by Crippen LogP contribution is -2.15. The maximum Gasteiger partial charge on any atom is 0.354 e. The Morgan fingerprint density at radius 1 is 1.30 bits per heavy atom. The summed E-state index contributed by atoms with van der Waals surface area (Å²) in [4.78, 5) is 22.8. The number of nitrogens with one attached hydrogen (secondary N) is 1. The first-order chi connectivity index (χ1) is 9.38. The number of rotatable bonds is 4. The number of methoxy groups -OCH3 is 2. The fourth-order valence-corrected chi connectivity index (χ4v) is 1.51. The van der Waals surface area contributed by atoms with E-state index in [1.54, 1.807) is 6.92 Å². The zero-order valence-corrected chi connectivity index (χ0v) is 11.9. The van der Waals surface area contributed by atoms with Crippen molar-refractivity contribution in [1.29, 1.82) is 0 Å². The molecule has 0 aliphatic carbocycles. The summed E-state index contributed by atoms with van der Waals surface area (Å²) in [5, 5.41) is 12.8. The van der Waals surface area contributed by atoms with Gasteiger partial charge in [0, 0.05) is 5.02 Å². The van der Waals surface area contributed by atoms with Crippen molar-refractivity contribution in [3.05, 3.63) is 34.5 Å². The molecule has 1 aromatic rings. The Labute approximate surface area is 120 Å². The predicted molar refractivity (Wildman–Crippen MR) is 73.6 cm³/mol. The number of anilines is 1. The molecule has 0 unspecified atom stereocenters. The normalized spacial score (nSPS) is 10.9. The van der Waals surface area contributed by atoms with Gasteiger partial charge in [0.25, 0.3) is 0 Å². The minimum atomic E-state index is -0.786. The van der Waals surface area contributed by atoms with Crippen LogP contribution >= 0.6 is 11.6 Å². The lowest BCUT2D eigenvalue weighted by atomic mass is 10.2. The second-order valence-electron chi connectivity index (χ2n) is 3.82. The number of phenols is 1. The van der Waals surface area contributed by atoms with Crippen molar-refractivity contribution in [3.8, 4) is 5.75 Å². The van der Waals surface area contributed by atoms with E-state index < -0.39 is 11.9 Å². The summed E-state index contributed by atoms with van der Waals surface area (Å²) in [5.74, 6) is -1.64. The molecule has 6 nitrogen and oxygen atoms in total. The van der Waals surface area contributed by atoms with Gasteiger partial charge in [0.05, 0.1) is 26.0 Å². The fraction of sp³-hybridized carbons (Fsp3) is 0.231. The molecule has 0 atom stereocenters. The van der Waals surface area contributed by atoms with E-state index in [-0.39, 0.29) is 17.1 Å². The Kier molecular flexibility index (Phi) is 5.40. The van der Waals surface area contributed by atoms with Crippen LogP contribution in [0.4, 0.5) is 5.69 Å². The summed E-state index contributed by atoms with van der Waals surface area (Å²) in [6.07, 6.45) is 0.916. The van der Waals surface area contributed by atoms with Crippen molar-refractivity contribution in [3.63, 3.8) is 0 Å². The van der Waals surface area contributed by atoms with Gasteiger partial charge in [-0.25, -0.2) is 9.59 Å². The van der Waals surface area contributed by atoms with Crippen molar-refractivity contribution >= 4 is 29.2 Å². The van der Waals surface area contributed by atoms with E-state index >= 15 is 0 Å². The maximum atomic E-state index is 11.6. The van der Waals surface area contributed by atoms with Gasteiger partial charge in [0.15, 0.2) is 0 Å². The summed E-state index contributed by atoms with van der Waals surface area (Å²) >= 11 is 5.94. The van der Waals surface area contributed by atoms with Crippen molar-refractivity contribution in [1.82, 2.24) is 0 Å². The smallest absolute Gasteiger partial charge is 0.354 e. The molecular formula is C13H14ClNO5. The van der Waals surface area contributed by atoms with Gasteiger partial charge in [-0.15, -0.1) is 0 Å². The number of esters is 2. The number of ether oxygens (including phenoxy) is 2. The number of benzene rings is 1. The molecule has 0 bridgehead atoms. The van der Waals surface area contributed by atoms with Crippen LogP contribution in [-0.2, 0) is 19.1 Å². The van der Waals surface area contributed by atoms with Crippen LogP contribution in [0.25, 0.3) is 0 Å². The molecule has 108 valence electrons. The minimum absolute atomic E-state index is 0.119. The van der Waals surface area contributed by atoms with Crippen LogP contribution < -0.4 is 5.32 Å². The van der Waals surface area contributed by atoms with E-state index in [0.29, 0.717) is 10.6 Å². The topological polar surface area (TPSA) is 84.9 Å². The number of phenolic OH excluding ortho intramolecular Hbond substituents is 1. The maximum absolute atomic E-state index is 11.6. The highest BCUT2D eigenvalue weighted by molar-refractivity contribution is 6.31. The first kappa shape index (κ1) is 15.8. The van der Waals surface area contributed by atoms with E-state index in [4.69, 9.17) is 11.6 Å². The van der Waals surface area contributed by atoms with Gasteiger partial charge in [-0.05, 0) is 24.6 Å². The number of halogens is 1. The molecule has 0 aliphatic heterocycles. The summed E-state index contributed by atoms with van der Waals surface area (Å²) in [7, 11) is 2.34. The van der Waals surface area contributed by atoms with Crippen LogP contribution in [0, 0.1) is 6.92 Å². The largest absolute Gasteiger partial charge is 0.506 e. The Morgan fingerprint density at radius 3 is 2.50 bits per heavy atom. The molecule has 0 fully saturated rings. The second kappa shape index (κ2) is 6.81. The molecule has 1 rings (SSSR count). The number of aromatic hydroxyl groups is 1. The van der Waals surface area contributed by atoms with E-state index in [0.717, 1.165) is 13.2 Å². The fourth-order valence-electron chi connectivity index (χ4n) is 1.34. The van der Waals surface area contributed by atoms with Crippen molar-refractivity contribution < 1.29 is 24.2 Å². The molecule has 7 heteroatoms. The zero-order chi connectivity index (χ0) is 15.3. The molecule has 0 heterocycles. The minimum Gasteiger partial charge on any atom is -0.506 e. The Morgan fingerprint density at radius 2 is 1.95 bits per heavy atom. The van der Waals surface area contributed by atoms with Gasteiger partial charge in [0.1, 0.15) is 11.4 Å².